The highest BCUT2D eigenvalue weighted by Gasteiger charge is 2.18. The van der Waals surface area contributed by atoms with Crippen LogP contribution in [0.3, 0.4) is 0 Å². The number of benzene rings is 1. The molecule has 7 heteroatoms. The second-order valence-electron chi connectivity index (χ2n) is 6.45. The van der Waals surface area contributed by atoms with Crippen molar-refractivity contribution in [1.82, 2.24) is 15.1 Å². The SMILES string of the molecule is CC(C)(C)S(=O)CCNC(=O)Nc1cccc(Cn2cccn2)c1. The van der Waals surface area contributed by atoms with Gasteiger partial charge in [0, 0.05) is 45.9 Å². The molecule has 2 aromatic rings. The molecule has 2 rings (SSSR count). The first-order valence-corrected chi connectivity index (χ1v) is 9.16. The molecule has 1 unspecified atom stereocenters. The van der Waals surface area contributed by atoms with Crippen molar-refractivity contribution in [2.75, 3.05) is 17.6 Å². The second-order valence-corrected chi connectivity index (χ2v) is 8.77. The van der Waals surface area contributed by atoms with E-state index in [1.807, 2.05) is 62.0 Å². The molecule has 1 heterocycles. The van der Waals surface area contributed by atoms with Crippen LogP contribution in [0.1, 0.15) is 26.3 Å². The van der Waals surface area contributed by atoms with Crippen LogP contribution in [0.5, 0.6) is 0 Å². The van der Waals surface area contributed by atoms with Gasteiger partial charge in [0.25, 0.3) is 0 Å². The number of nitrogens with zero attached hydrogens (tertiary/aromatic N) is 2. The van der Waals surface area contributed by atoms with E-state index >= 15 is 0 Å². The van der Waals surface area contributed by atoms with E-state index in [-0.39, 0.29) is 10.8 Å². The fourth-order valence-electron chi connectivity index (χ4n) is 2.07. The van der Waals surface area contributed by atoms with Gasteiger partial charge < -0.3 is 10.6 Å². The van der Waals surface area contributed by atoms with Gasteiger partial charge in [-0.3, -0.25) is 8.89 Å². The Morgan fingerprint density at radius 1 is 1.29 bits per heavy atom. The van der Waals surface area contributed by atoms with E-state index in [1.165, 1.54) is 0 Å². The number of aromatic nitrogens is 2. The third kappa shape index (κ3) is 5.81. The number of carbonyl (C=O) groups is 1. The number of urea groups is 1. The molecule has 0 bridgehead atoms. The van der Waals surface area contributed by atoms with Crippen molar-refractivity contribution >= 4 is 22.5 Å². The van der Waals surface area contributed by atoms with Crippen molar-refractivity contribution in [2.24, 2.45) is 0 Å². The Labute approximate surface area is 145 Å². The molecule has 0 fully saturated rings. The molecular formula is C17H24N4O2S. The third-order valence-electron chi connectivity index (χ3n) is 3.34. The Bertz CT molecular complexity index is 693. The van der Waals surface area contributed by atoms with Gasteiger partial charge in [-0.25, -0.2) is 4.79 Å². The highest BCUT2D eigenvalue weighted by molar-refractivity contribution is 7.86. The minimum atomic E-state index is -0.975. The zero-order valence-electron chi connectivity index (χ0n) is 14.3. The molecule has 1 aromatic heterocycles. The van der Waals surface area contributed by atoms with Crippen LogP contribution in [0.2, 0.25) is 0 Å². The molecule has 0 aliphatic rings. The summed E-state index contributed by atoms with van der Waals surface area (Å²) in [5, 5.41) is 9.70. The van der Waals surface area contributed by atoms with Gasteiger partial charge >= 0.3 is 6.03 Å². The molecule has 2 N–H and O–H groups in total. The molecule has 0 saturated carbocycles. The van der Waals surface area contributed by atoms with Crippen molar-refractivity contribution in [3.8, 4) is 0 Å². The van der Waals surface area contributed by atoms with Crippen LogP contribution in [0.15, 0.2) is 42.7 Å². The average molecular weight is 348 g/mol. The Hall–Kier alpha value is -2.15. The number of anilines is 1. The number of amides is 2. The molecule has 0 aliphatic carbocycles. The molecule has 0 saturated heterocycles. The lowest BCUT2D eigenvalue weighted by Gasteiger charge is -2.17. The van der Waals surface area contributed by atoms with Crippen LogP contribution in [-0.4, -0.2) is 37.1 Å². The summed E-state index contributed by atoms with van der Waals surface area (Å²) < 4.78 is 13.5. The molecular weight excluding hydrogens is 324 g/mol. The van der Waals surface area contributed by atoms with Crippen LogP contribution in [0.25, 0.3) is 0 Å². The van der Waals surface area contributed by atoms with Crippen LogP contribution >= 0.6 is 0 Å². The minimum absolute atomic E-state index is 0.265. The Morgan fingerprint density at radius 3 is 2.75 bits per heavy atom. The number of rotatable bonds is 6. The van der Waals surface area contributed by atoms with E-state index in [4.69, 9.17) is 0 Å². The van der Waals surface area contributed by atoms with E-state index in [9.17, 15) is 9.00 Å². The zero-order chi connectivity index (χ0) is 17.6. The van der Waals surface area contributed by atoms with Crippen LogP contribution in [0, 0.1) is 0 Å². The summed E-state index contributed by atoms with van der Waals surface area (Å²) in [4.78, 5) is 11.9. The van der Waals surface area contributed by atoms with Gasteiger partial charge in [0.2, 0.25) is 0 Å². The summed E-state index contributed by atoms with van der Waals surface area (Å²) in [5.74, 6) is 0.441. The highest BCUT2D eigenvalue weighted by Crippen LogP contribution is 2.12. The minimum Gasteiger partial charge on any atom is -0.337 e. The molecule has 6 nitrogen and oxygen atoms in total. The molecule has 0 aliphatic heterocycles. The molecule has 1 aromatic carbocycles. The zero-order valence-corrected chi connectivity index (χ0v) is 15.1. The van der Waals surface area contributed by atoms with E-state index in [0.29, 0.717) is 24.5 Å². The Balaban J connectivity index is 1.82. The van der Waals surface area contributed by atoms with Crippen LogP contribution < -0.4 is 10.6 Å². The maximum absolute atomic E-state index is 11.9. The molecule has 1 atom stereocenters. The van der Waals surface area contributed by atoms with Crippen molar-refractivity contribution in [1.29, 1.82) is 0 Å². The van der Waals surface area contributed by atoms with Crippen LogP contribution in [-0.2, 0) is 17.3 Å². The molecule has 24 heavy (non-hydrogen) atoms. The maximum Gasteiger partial charge on any atom is 0.319 e. The molecule has 130 valence electrons. The Kier molecular flexibility index (Phi) is 6.14. The fraction of sp³-hybridized carbons (Fsp3) is 0.412. The summed E-state index contributed by atoms with van der Waals surface area (Å²) in [6.07, 6.45) is 3.62. The first-order chi connectivity index (χ1) is 11.3. The maximum atomic E-state index is 11.9. The lowest BCUT2D eigenvalue weighted by molar-refractivity contribution is 0.252. The molecule has 2 amide bonds. The van der Waals surface area contributed by atoms with Crippen molar-refractivity contribution in [2.45, 2.75) is 32.1 Å². The smallest absolute Gasteiger partial charge is 0.319 e. The fourth-order valence-corrected chi connectivity index (χ4v) is 2.97. The Morgan fingerprint density at radius 2 is 2.08 bits per heavy atom. The first kappa shape index (κ1) is 18.2. The molecule has 0 radical (unpaired) electrons. The number of carbonyl (C=O) groups excluding carboxylic acids is 1. The summed E-state index contributed by atoms with van der Waals surface area (Å²) in [6.45, 7) is 6.80. The van der Waals surface area contributed by atoms with Gasteiger partial charge in [0.05, 0.1) is 6.54 Å². The van der Waals surface area contributed by atoms with Gasteiger partial charge in [0.15, 0.2) is 0 Å². The first-order valence-electron chi connectivity index (χ1n) is 7.84. The number of hydrogen-bond acceptors (Lipinski definition) is 3. The van der Waals surface area contributed by atoms with E-state index in [1.54, 1.807) is 6.20 Å². The van der Waals surface area contributed by atoms with E-state index in [0.717, 1.165) is 5.56 Å². The topological polar surface area (TPSA) is 76.0 Å². The van der Waals surface area contributed by atoms with Crippen molar-refractivity contribution < 1.29 is 9.00 Å². The van der Waals surface area contributed by atoms with Crippen molar-refractivity contribution in [3.63, 3.8) is 0 Å². The van der Waals surface area contributed by atoms with Gasteiger partial charge in [-0.05, 0) is 44.5 Å². The molecule has 0 spiro atoms. The lowest BCUT2D eigenvalue weighted by Crippen LogP contribution is -2.35. The normalized spacial score (nSPS) is 12.6. The number of hydrogen-bond donors (Lipinski definition) is 2. The summed E-state index contributed by atoms with van der Waals surface area (Å²) in [7, 11) is -0.975. The van der Waals surface area contributed by atoms with Gasteiger partial charge in [-0.2, -0.15) is 5.10 Å². The van der Waals surface area contributed by atoms with Crippen LogP contribution in [0.4, 0.5) is 10.5 Å². The monoisotopic (exact) mass is 348 g/mol. The van der Waals surface area contributed by atoms with Gasteiger partial charge in [0.1, 0.15) is 0 Å². The predicted octanol–water partition coefficient (Wildman–Crippen LogP) is 2.60. The third-order valence-corrected chi connectivity index (χ3v) is 5.29. The summed E-state index contributed by atoms with van der Waals surface area (Å²) in [5.41, 5.74) is 1.76. The number of nitrogens with one attached hydrogen (secondary N) is 2. The van der Waals surface area contributed by atoms with Gasteiger partial charge in [-0.1, -0.05) is 12.1 Å². The predicted molar refractivity (Wildman–Crippen MR) is 97.6 cm³/mol. The lowest BCUT2D eigenvalue weighted by atomic mass is 10.2. The quantitative estimate of drug-likeness (QED) is 0.842. The standard InChI is InChI=1S/C17H24N4O2S/c1-17(2,3)24(23)11-9-18-16(22)20-15-7-4-6-14(12-15)13-21-10-5-8-19-21/h4-8,10,12H,9,11,13H2,1-3H3,(H2,18,20,22). The summed E-state index contributed by atoms with van der Waals surface area (Å²) >= 11 is 0. The highest BCUT2D eigenvalue weighted by atomic mass is 32.2. The van der Waals surface area contributed by atoms with E-state index < -0.39 is 10.8 Å². The summed E-state index contributed by atoms with van der Waals surface area (Å²) in [6, 6.07) is 9.20. The average Bonchev–Trinajstić information content (AvgIpc) is 2.99. The second kappa shape index (κ2) is 8.10. The van der Waals surface area contributed by atoms with Gasteiger partial charge in [-0.15, -0.1) is 0 Å². The van der Waals surface area contributed by atoms with Crippen molar-refractivity contribution in [3.05, 3.63) is 48.3 Å². The largest absolute Gasteiger partial charge is 0.337 e. The van der Waals surface area contributed by atoms with E-state index in [2.05, 4.69) is 15.7 Å².